The fourth-order valence-electron chi connectivity index (χ4n) is 5.79. The fourth-order valence-corrected chi connectivity index (χ4v) is 5.79. The third kappa shape index (κ3) is 5.59. The van der Waals surface area contributed by atoms with Crippen LogP contribution in [0.5, 0.6) is 0 Å². The van der Waals surface area contributed by atoms with Gasteiger partial charge in [-0.25, -0.2) is 0 Å². The zero-order valence-electron chi connectivity index (χ0n) is 23.1. The van der Waals surface area contributed by atoms with E-state index in [1.807, 2.05) is 30.3 Å². The van der Waals surface area contributed by atoms with Crippen molar-refractivity contribution in [2.45, 2.75) is 44.2 Å². The maximum absolute atomic E-state index is 13.1. The maximum Gasteiger partial charge on any atom is 0.255 e. The smallest absolute Gasteiger partial charge is 0.255 e. The van der Waals surface area contributed by atoms with Gasteiger partial charge in [0.1, 0.15) is 6.04 Å². The standard InChI is InChI=1S/C33H28N4O6/c38-28-15-21(19-5-2-1-3-6-19)16-29(39)24(28)17-34-22-11-9-20(10-12-22)31(41)35-26-8-4-7-23-25(26)18-37(33(23)43)27-13-14-30(40)36-32(27)42/h1-12,17,21,27,34H,13-16,18H2,(H,35,41)(H,36,40,42). The second-order valence-corrected chi connectivity index (χ2v) is 10.8. The predicted molar refractivity (Wildman–Crippen MR) is 157 cm³/mol. The van der Waals surface area contributed by atoms with Gasteiger partial charge in [0.2, 0.25) is 11.8 Å². The van der Waals surface area contributed by atoms with Crippen molar-refractivity contribution < 1.29 is 28.8 Å². The number of fused-ring (bicyclic) bond motifs is 1. The van der Waals surface area contributed by atoms with Crippen LogP contribution < -0.4 is 16.0 Å². The lowest BCUT2D eigenvalue weighted by molar-refractivity contribution is -0.137. The molecule has 0 radical (unpaired) electrons. The van der Waals surface area contributed by atoms with Crippen molar-refractivity contribution in [3.8, 4) is 0 Å². The average molecular weight is 577 g/mol. The van der Waals surface area contributed by atoms with Gasteiger partial charge in [0.15, 0.2) is 11.6 Å². The van der Waals surface area contributed by atoms with E-state index in [9.17, 15) is 28.8 Å². The number of hydrogen-bond acceptors (Lipinski definition) is 7. The summed E-state index contributed by atoms with van der Waals surface area (Å²) in [6.45, 7) is 0.137. The van der Waals surface area contributed by atoms with Gasteiger partial charge in [-0.1, -0.05) is 36.4 Å². The van der Waals surface area contributed by atoms with Gasteiger partial charge < -0.3 is 15.5 Å². The van der Waals surface area contributed by atoms with Crippen molar-refractivity contribution in [1.29, 1.82) is 0 Å². The van der Waals surface area contributed by atoms with Crippen LogP contribution in [0.3, 0.4) is 0 Å². The van der Waals surface area contributed by atoms with Gasteiger partial charge in [0, 0.05) is 60.1 Å². The summed E-state index contributed by atoms with van der Waals surface area (Å²) in [5.41, 5.74) is 3.53. The number of carbonyl (C=O) groups is 6. The van der Waals surface area contributed by atoms with Crippen LogP contribution in [-0.2, 0) is 25.7 Å². The van der Waals surface area contributed by atoms with Crippen molar-refractivity contribution in [3.05, 3.63) is 107 Å². The molecule has 0 spiro atoms. The third-order valence-electron chi connectivity index (χ3n) is 8.10. The van der Waals surface area contributed by atoms with Crippen LogP contribution in [0.15, 0.2) is 84.6 Å². The summed E-state index contributed by atoms with van der Waals surface area (Å²) in [6, 6.07) is 20.4. The molecule has 3 aliphatic rings. The maximum atomic E-state index is 13.1. The van der Waals surface area contributed by atoms with Gasteiger partial charge in [0.25, 0.3) is 11.8 Å². The van der Waals surface area contributed by atoms with E-state index in [0.717, 1.165) is 5.56 Å². The lowest BCUT2D eigenvalue weighted by Crippen LogP contribution is -2.52. The minimum atomic E-state index is -0.749. The average Bonchev–Trinajstić information content (AvgIpc) is 3.34. The Balaban J connectivity index is 1.10. The van der Waals surface area contributed by atoms with E-state index in [0.29, 0.717) is 28.1 Å². The number of hydrogen-bond donors (Lipinski definition) is 3. The highest BCUT2D eigenvalue weighted by Gasteiger charge is 2.40. The lowest BCUT2D eigenvalue weighted by Gasteiger charge is -2.29. The second kappa shape index (κ2) is 11.5. The number of piperidine rings is 1. The molecular weight excluding hydrogens is 548 g/mol. The molecule has 0 aromatic heterocycles. The summed E-state index contributed by atoms with van der Waals surface area (Å²) in [5.74, 6) is -2.12. The number of amides is 4. The van der Waals surface area contributed by atoms with Gasteiger partial charge in [-0.15, -0.1) is 0 Å². The number of Topliss-reactive ketones (excluding diaryl/α,β-unsaturated/α-hetero) is 2. The molecule has 2 heterocycles. The molecule has 6 rings (SSSR count). The molecule has 1 unspecified atom stereocenters. The van der Waals surface area contributed by atoms with E-state index in [4.69, 9.17) is 0 Å². The number of nitrogens with one attached hydrogen (secondary N) is 3. The van der Waals surface area contributed by atoms with Crippen LogP contribution in [0.4, 0.5) is 11.4 Å². The van der Waals surface area contributed by atoms with E-state index >= 15 is 0 Å². The minimum Gasteiger partial charge on any atom is -0.361 e. The van der Waals surface area contributed by atoms with Crippen LogP contribution in [0.2, 0.25) is 0 Å². The normalized spacial score (nSPS) is 20.0. The molecule has 3 aromatic rings. The number of rotatable bonds is 6. The summed E-state index contributed by atoms with van der Waals surface area (Å²) < 4.78 is 0. The molecule has 4 amide bonds. The first-order chi connectivity index (χ1) is 20.8. The number of imide groups is 1. The van der Waals surface area contributed by atoms with E-state index in [1.165, 1.54) is 11.1 Å². The molecule has 1 saturated carbocycles. The summed E-state index contributed by atoms with van der Waals surface area (Å²) in [6.07, 6.45) is 2.37. The first-order valence-electron chi connectivity index (χ1n) is 14.0. The van der Waals surface area contributed by atoms with E-state index < -0.39 is 17.9 Å². The number of ketones is 2. The van der Waals surface area contributed by atoms with E-state index in [-0.39, 0.29) is 67.1 Å². The molecule has 1 atom stereocenters. The number of carbonyl (C=O) groups excluding carboxylic acids is 6. The number of nitrogens with zero attached hydrogens (tertiary/aromatic N) is 1. The van der Waals surface area contributed by atoms with Crippen molar-refractivity contribution in [2.75, 3.05) is 10.6 Å². The molecule has 43 heavy (non-hydrogen) atoms. The molecule has 0 bridgehead atoms. The summed E-state index contributed by atoms with van der Waals surface area (Å²) in [5, 5.41) is 8.14. The van der Waals surface area contributed by atoms with Crippen molar-refractivity contribution in [3.63, 3.8) is 0 Å². The Labute approximate surface area is 247 Å². The molecule has 10 nitrogen and oxygen atoms in total. The zero-order valence-corrected chi connectivity index (χ0v) is 23.1. The largest absolute Gasteiger partial charge is 0.361 e. The van der Waals surface area contributed by atoms with Gasteiger partial charge in [0.05, 0.1) is 5.57 Å². The van der Waals surface area contributed by atoms with Crippen molar-refractivity contribution in [2.24, 2.45) is 0 Å². The quantitative estimate of drug-likeness (QED) is 0.231. The molecule has 10 heteroatoms. The van der Waals surface area contributed by atoms with Gasteiger partial charge in [-0.3, -0.25) is 34.1 Å². The minimum absolute atomic E-state index is 0.124. The zero-order chi connectivity index (χ0) is 30.1. The molecule has 1 saturated heterocycles. The van der Waals surface area contributed by atoms with Crippen molar-refractivity contribution >= 4 is 46.6 Å². The predicted octanol–water partition coefficient (Wildman–Crippen LogP) is 3.71. The highest BCUT2D eigenvalue weighted by Crippen LogP contribution is 2.33. The first kappa shape index (κ1) is 27.8. The number of anilines is 2. The molecule has 2 fully saturated rings. The summed E-state index contributed by atoms with van der Waals surface area (Å²) in [7, 11) is 0. The molecule has 1 aliphatic carbocycles. The van der Waals surface area contributed by atoms with Crippen LogP contribution >= 0.6 is 0 Å². The first-order valence-corrected chi connectivity index (χ1v) is 14.0. The van der Waals surface area contributed by atoms with Crippen LogP contribution in [0, 0.1) is 0 Å². The Hall–Kier alpha value is -5.38. The van der Waals surface area contributed by atoms with Crippen LogP contribution in [-0.4, -0.2) is 46.1 Å². The topological polar surface area (TPSA) is 142 Å². The highest BCUT2D eigenvalue weighted by atomic mass is 16.2. The highest BCUT2D eigenvalue weighted by molar-refractivity contribution is 6.22. The van der Waals surface area contributed by atoms with Gasteiger partial charge in [-0.05, 0) is 54.3 Å². The van der Waals surface area contributed by atoms with E-state index in [1.54, 1.807) is 42.5 Å². The van der Waals surface area contributed by atoms with Crippen LogP contribution in [0.25, 0.3) is 0 Å². The molecular formula is C33H28N4O6. The molecule has 3 N–H and O–H groups in total. The van der Waals surface area contributed by atoms with Gasteiger partial charge in [-0.2, -0.15) is 0 Å². The van der Waals surface area contributed by atoms with Crippen LogP contribution in [0.1, 0.15) is 63.4 Å². The Morgan fingerprint density at radius 3 is 2.28 bits per heavy atom. The summed E-state index contributed by atoms with van der Waals surface area (Å²) in [4.78, 5) is 76.9. The fraction of sp³-hybridized carbons (Fsp3) is 0.212. The van der Waals surface area contributed by atoms with Crippen molar-refractivity contribution in [1.82, 2.24) is 10.2 Å². The Bertz CT molecular complexity index is 1680. The van der Waals surface area contributed by atoms with E-state index in [2.05, 4.69) is 16.0 Å². The molecule has 2 aliphatic heterocycles. The van der Waals surface area contributed by atoms with Gasteiger partial charge >= 0.3 is 0 Å². The lowest BCUT2D eigenvalue weighted by atomic mass is 9.80. The third-order valence-corrected chi connectivity index (χ3v) is 8.10. The second-order valence-electron chi connectivity index (χ2n) is 10.8. The Morgan fingerprint density at radius 2 is 1.58 bits per heavy atom. The number of benzene rings is 3. The molecule has 216 valence electrons. The monoisotopic (exact) mass is 576 g/mol. The number of allylic oxidation sites excluding steroid dienone is 1. The molecule has 3 aromatic carbocycles. The SMILES string of the molecule is O=C1CCC(N2Cc3c(NC(=O)c4ccc(NC=C5C(=O)CC(c6ccccc6)CC5=O)cc4)cccc3C2=O)C(=O)N1. The summed E-state index contributed by atoms with van der Waals surface area (Å²) >= 11 is 0. The Morgan fingerprint density at radius 1 is 0.860 bits per heavy atom. The Kier molecular flexibility index (Phi) is 7.41.